The molecule has 2 rings (SSSR count). The van der Waals surface area contributed by atoms with Gasteiger partial charge < -0.3 is 5.32 Å². The Balaban J connectivity index is 1.82. The molecule has 1 aromatic rings. The van der Waals surface area contributed by atoms with Crippen LogP contribution in [0, 0.1) is 5.92 Å². The van der Waals surface area contributed by atoms with E-state index in [-0.39, 0.29) is 0 Å². The van der Waals surface area contributed by atoms with Gasteiger partial charge in [0.05, 0.1) is 0 Å². The predicted octanol–water partition coefficient (Wildman–Crippen LogP) is 3.53. The first-order chi connectivity index (χ1) is 8.40. The SMILES string of the molecule is CCC(NCc1ccncc1)C1CCCCC1. The molecule has 0 aromatic carbocycles. The molecule has 1 fully saturated rings. The molecule has 0 bridgehead atoms. The summed E-state index contributed by atoms with van der Waals surface area (Å²) in [4.78, 5) is 4.05. The van der Waals surface area contributed by atoms with E-state index in [1.807, 2.05) is 12.4 Å². The van der Waals surface area contributed by atoms with E-state index in [9.17, 15) is 0 Å². The van der Waals surface area contributed by atoms with Gasteiger partial charge in [-0.2, -0.15) is 0 Å². The summed E-state index contributed by atoms with van der Waals surface area (Å²) in [5.41, 5.74) is 1.34. The minimum Gasteiger partial charge on any atom is -0.310 e. The Labute approximate surface area is 105 Å². The first kappa shape index (κ1) is 12.6. The lowest BCUT2D eigenvalue weighted by Crippen LogP contribution is -2.36. The number of hydrogen-bond donors (Lipinski definition) is 1. The average molecular weight is 232 g/mol. The van der Waals surface area contributed by atoms with Crippen molar-refractivity contribution in [2.45, 2.75) is 58.0 Å². The molecule has 0 amide bonds. The molecular formula is C15H24N2. The quantitative estimate of drug-likeness (QED) is 0.840. The lowest BCUT2D eigenvalue weighted by atomic mass is 9.83. The highest BCUT2D eigenvalue weighted by Crippen LogP contribution is 2.27. The summed E-state index contributed by atoms with van der Waals surface area (Å²) in [6.45, 7) is 3.29. The number of nitrogens with one attached hydrogen (secondary N) is 1. The molecule has 0 saturated heterocycles. The lowest BCUT2D eigenvalue weighted by Gasteiger charge is -2.30. The van der Waals surface area contributed by atoms with Crippen LogP contribution in [0.2, 0.25) is 0 Å². The Morgan fingerprint density at radius 2 is 1.94 bits per heavy atom. The molecule has 1 unspecified atom stereocenters. The zero-order valence-corrected chi connectivity index (χ0v) is 10.9. The largest absolute Gasteiger partial charge is 0.310 e. The van der Waals surface area contributed by atoms with Gasteiger partial charge in [-0.3, -0.25) is 4.98 Å². The van der Waals surface area contributed by atoms with E-state index in [0.717, 1.165) is 12.5 Å². The van der Waals surface area contributed by atoms with Crippen molar-refractivity contribution >= 4 is 0 Å². The second kappa shape index (κ2) is 6.75. The fraction of sp³-hybridized carbons (Fsp3) is 0.667. The van der Waals surface area contributed by atoms with E-state index >= 15 is 0 Å². The number of aromatic nitrogens is 1. The van der Waals surface area contributed by atoms with Crippen molar-refractivity contribution in [3.63, 3.8) is 0 Å². The summed E-state index contributed by atoms with van der Waals surface area (Å²) in [7, 11) is 0. The first-order valence-electron chi connectivity index (χ1n) is 7.02. The van der Waals surface area contributed by atoms with Crippen molar-refractivity contribution in [1.29, 1.82) is 0 Å². The molecule has 17 heavy (non-hydrogen) atoms. The summed E-state index contributed by atoms with van der Waals surface area (Å²) in [5.74, 6) is 0.899. The zero-order valence-electron chi connectivity index (χ0n) is 10.9. The van der Waals surface area contributed by atoms with Gasteiger partial charge in [0.25, 0.3) is 0 Å². The topological polar surface area (TPSA) is 24.9 Å². The minimum absolute atomic E-state index is 0.698. The second-order valence-electron chi connectivity index (χ2n) is 5.15. The third-order valence-electron chi connectivity index (χ3n) is 3.98. The van der Waals surface area contributed by atoms with Crippen LogP contribution >= 0.6 is 0 Å². The maximum Gasteiger partial charge on any atom is 0.0271 e. The molecule has 1 heterocycles. The maximum atomic E-state index is 4.05. The van der Waals surface area contributed by atoms with E-state index in [2.05, 4.69) is 29.4 Å². The molecule has 1 aromatic heterocycles. The average Bonchev–Trinajstić information content (AvgIpc) is 2.42. The summed E-state index contributed by atoms with van der Waals surface area (Å²) in [6.07, 6.45) is 12.1. The van der Waals surface area contributed by atoms with Crippen molar-refractivity contribution < 1.29 is 0 Å². The molecule has 0 spiro atoms. The van der Waals surface area contributed by atoms with E-state index < -0.39 is 0 Å². The highest BCUT2D eigenvalue weighted by atomic mass is 14.9. The van der Waals surface area contributed by atoms with Crippen LogP contribution in [0.4, 0.5) is 0 Å². The molecule has 2 nitrogen and oxygen atoms in total. The normalized spacial score (nSPS) is 19.1. The summed E-state index contributed by atoms with van der Waals surface area (Å²) in [5, 5.41) is 3.73. The first-order valence-corrected chi connectivity index (χ1v) is 7.02. The van der Waals surface area contributed by atoms with Crippen molar-refractivity contribution in [3.05, 3.63) is 30.1 Å². The number of nitrogens with zero attached hydrogens (tertiary/aromatic N) is 1. The van der Waals surface area contributed by atoms with Crippen LogP contribution in [0.25, 0.3) is 0 Å². The van der Waals surface area contributed by atoms with Crippen LogP contribution in [-0.4, -0.2) is 11.0 Å². The Morgan fingerprint density at radius 1 is 1.24 bits per heavy atom. The minimum atomic E-state index is 0.698. The van der Waals surface area contributed by atoms with E-state index in [1.165, 1.54) is 44.1 Å². The molecule has 1 atom stereocenters. The van der Waals surface area contributed by atoms with E-state index in [0.29, 0.717) is 6.04 Å². The van der Waals surface area contributed by atoms with Gasteiger partial charge in [0.2, 0.25) is 0 Å². The Bertz CT molecular complexity index is 304. The van der Waals surface area contributed by atoms with Crippen LogP contribution in [0.1, 0.15) is 51.0 Å². The van der Waals surface area contributed by atoms with Gasteiger partial charge in [-0.1, -0.05) is 26.2 Å². The van der Waals surface area contributed by atoms with Crippen molar-refractivity contribution in [1.82, 2.24) is 10.3 Å². The molecule has 1 saturated carbocycles. The molecular weight excluding hydrogens is 208 g/mol. The standard InChI is InChI=1S/C15H24N2/c1-2-15(14-6-4-3-5-7-14)17-12-13-8-10-16-11-9-13/h8-11,14-15,17H,2-7,12H2,1H3. The van der Waals surface area contributed by atoms with Gasteiger partial charge >= 0.3 is 0 Å². The summed E-state index contributed by atoms with van der Waals surface area (Å²) in [6, 6.07) is 4.89. The van der Waals surface area contributed by atoms with Crippen LogP contribution in [0.15, 0.2) is 24.5 Å². The number of pyridine rings is 1. The van der Waals surface area contributed by atoms with Gasteiger partial charge in [-0.25, -0.2) is 0 Å². The highest BCUT2D eigenvalue weighted by molar-refractivity contribution is 5.09. The van der Waals surface area contributed by atoms with Crippen molar-refractivity contribution in [2.24, 2.45) is 5.92 Å². The fourth-order valence-electron chi connectivity index (χ4n) is 2.93. The second-order valence-corrected chi connectivity index (χ2v) is 5.15. The van der Waals surface area contributed by atoms with Crippen LogP contribution < -0.4 is 5.32 Å². The molecule has 1 aliphatic carbocycles. The smallest absolute Gasteiger partial charge is 0.0271 e. The maximum absolute atomic E-state index is 4.05. The van der Waals surface area contributed by atoms with Gasteiger partial charge in [0.15, 0.2) is 0 Å². The van der Waals surface area contributed by atoms with Crippen LogP contribution in [0.3, 0.4) is 0 Å². The summed E-state index contributed by atoms with van der Waals surface area (Å²) >= 11 is 0. The van der Waals surface area contributed by atoms with Gasteiger partial charge in [0, 0.05) is 25.0 Å². The molecule has 0 aliphatic heterocycles. The van der Waals surface area contributed by atoms with E-state index in [1.54, 1.807) is 0 Å². The Hall–Kier alpha value is -0.890. The van der Waals surface area contributed by atoms with Gasteiger partial charge in [-0.15, -0.1) is 0 Å². The molecule has 1 N–H and O–H groups in total. The molecule has 2 heteroatoms. The monoisotopic (exact) mass is 232 g/mol. The third kappa shape index (κ3) is 3.81. The fourth-order valence-corrected chi connectivity index (χ4v) is 2.93. The third-order valence-corrected chi connectivity index (χ3v) is 3.98. The zero-order chi connectivity index (χ0) is 11.9. The molecule has 1 aliphatic rings. The number of rotatable bonds is 5. The van der Waals surface area contributed by atoms with E-state index in [4.69, 9.17) is 0 Å². The summed E-state index contributed by atoms with van der Waals surface area (Å²) < 4.78 is 0. The van der Waals surface area contributed by atoms with Crippen molar-refractivity contribution in [2.75, 3.05) is 0 Å². The molecule has 94 valence electrons. The Morgan fingerprint density at radius 3 is 2.59 bits per heavy atom. The van der Waals surface area contributed by atoms with Crippen molar-refractivity contribution in [3.8, 4) is 0 Å². The van der Waals surface area contributed by atoms with Gasteiger partial charge in [0.1, 0.15) is 0 Å². The molecule has 0 radical (unpaired) electrons. The van der Waals surface area contributed by atoms with Crippen LogP contribution in [-0.2, 0) is 6.54 Å². The van der Waals surface area contributed by atoms with Gasteiger partial charge in [-0.05, 0) is 42.9 Å². The highest BCUT2D eigenvalue weighted by Gasteiger charge is 2.21. The lowest BCUT2D eigenvalue weighted by molar-refractivity contribution is 0.261. The predicted molar refractivity (Wildman–Crippen MR) is 71.7 cm³/mol. The Kier molecular flexibility index (Phi) is 4.99. The van der Waals surface area contributed by atoms with Crippen LogP contribution in [0.5, 0.6) is 0 Å². The number of hydrogen-bond acceptors (Lipinski definition) is 2.